The van der Waals surface area contributed by atoms with E-state index in [2.05, 4.69) is 0 Å². The zero-order valence-electron chi connectivity index (χ0n) is 7.89. The Morgan fingerprint density at radius 1 is 1.12 bits per heavy atom. The van der Waals surface area contributed by atoms with Crippen molar-refractivity contribution in [1.29, 1.82) is 0 Å². The van der Waals surface area contributed by atoms with E-state index in [0.717, 1.165) is 0 Å². The van der Waals surface area contributed by atoms with Gasteiger partial charge in [0.25, 0.3) is 0 Å². The Morgan fingerprint density at radius 3 is 1.81 bits per heavy atom. The molecule has 9 nitrogen and oxygen atoms in total. The summed E-state index contributed by atoms with van der Waals surface area (Å²) in [5, 5.41) is 61.7. The fourth-order valence-electron chi connectivity index (χ4n) is 0.987. The van der Waals surface area contributed by atoms with E-state index in [4.69, 9.17) is 30.6 Å². The molecule has 4 unspecified atom stereocenters. The number of hydrogen-bond acceptors (Lipinski definition) is 7. The van der Waals surface area contributed by atoms with E-state index in [1.807, 2.05) is 0 Å². The average Bonchev–Trinajstić information content (AvgIpc) is 2.24. The van der Waals surface area contributed by atoms with E-state index in [1.165, 1.54) is 0 Å². The van der Waals surface area contributed by atoms with Crippen molar-refractivity contribution >= 4 is 11.9 Å². The molecular weight excluding hydrogens is 228 g/mol. The third kappa shape index (κ3) is 2.46. The van der Waals surface area contributed by atoms with Crippen LogP contribution in [0.1, 0.15) is 0 Å². The second-order valence-corrected chi connectivity index (χ2v) is 3.07. The zero-order chi connectivity index (χ0) is 13.1. The summed E-state index contributed by atoms with van der Waals surface area (Å²) in [5.74, 6) is -4.35. The van der Waals surface area contributed by atoms with E-state index in [-0.39, 0.29) is 0 Å². The van der Waals surface area contributed by atoms with Crippen molar-refractivity contribution in [2.45, 2.75) is 23.9 Å². The molecule has 0 aliphatic carbocycles. The third-order valence-electron chi connectivity index (χ3n) is 2.00. The summed E-state index contributed by atoms with van der Waals surface area (Å²) in [4.78, 5) is 20.9. The molecule has 0 aliphatic heterocycles. The maximum absolute atomic E-state index is 10.6. The number of carbonyl (C=O) groups is 2. The van der Waals surface area contributed by atoms with Crippen LogP contribution in [0.15, 0.2) is 0 Å². The molecule has 0 aliphatic rings. The van der Waals surface area contributed by atoms with Gasteiger partial charge in [-0.25, -0.2) is 9.59 Å². The first-order valence-electron chi connectivity index (χ1n) is 4.03. The number of aliphatic carboxylic acids is 2. The molecule has 0 saturated carbocycles. The highest BCUT2D eigenvalue weighted by molar-refractivity contribution is 5.87. The number of aliphatic hydroxyl groups is 5. The summed E-state index contributed by atoms with van der Waals surface area (Å²) in [6, 6.07) is 0. The van der Waals surface area contributed by atoms with Crippen molar-refractivity contribution in [3.8, 4) is 0 Å². The van der Waals surface area contributed by atoms with Crippen molar-refractivity contribution < 1.29 is 45.3 Å². The summed E-state index contributed by atoms with van der Waals surface area (Å²) in [7, 11) is 0. The first-order valence-corrected chi connectivity index (χ1v) is 4.03. The van der Waals surface area contributed by atoms with Crippen LogP contribution in [0.4, 0.5) is 0 Å². The molecule has 0 amide bonds. The van der Waals surface area contributed by atoms with Gasteiger partial charge in [-0.2, -0.15) is 0 Å². The van der Waals surface area contributed by atoms with Crippen molar-refractivity contribution in [3.63, 3.8) is 0 Å². The molecule has 9 heteroatoms. The molecule has 0 aromatic heterocycles. The van der Waals surface area contributed by atoms with E-state index >= 15 is 0 Å². The summed E-state index contributed by atoms with van der Waals surface area (Å²) in [6.07, 6.45) is -7.54. The molecule has 0 saturated heterocycles. The molecule has 0 spiro atoms. The first kappa shape index (κ1) is 14.7. The van der Waals surface area contributed by atoms with Crippen LogP contribution in [0.5, 0.6) is 0 Å². The second-order valence-electron chi connectivity index (χ2n) is 3.07. The Morgan fingerprint density at radius 2 is 1.56 bits per heavy atom. The van der Waals surface area contributed by atoms with Crippen molar-refractivity contribution in [2.24, 2.45) is 0 Å². The minimum Gasteiger partial charge on any atom is -0.479 e. The Hall–Kier alpha value is -1.26. The lowest BCUT2D eigenvalue weighted by Gasteiger charge is -2.32. The third-order valence-corrected chi connectivity index (χ3v) is 2.00. The summed E-state index contributed by atoms with van der Waals surface area (Å²) in [5.41, 5.74) is -3.52. The fourth-order valence-corrected chi connectivity index (χ4v) is 0.987. The SMILES string of the molecule is O=C(O)C(O)C(O)(C(=O)O)C(O)C(O)CO. The number of hydrogen-bond donors (Lipinski definition) is 7. The summed E-state index contributed by atoms with van der Waals surface area (Å²) >= 11 is 0. The molecule has 94 valence electrons. The molecule has 16 heavy (non-hydrogen) atoms. The van der Waals surface area contributed by atoms with Crippen LogP contribution in [-0.2, 0) is 9.59 Å². The van der Waals surface area contributed by atoms with Gasteiger partial charge >= 0.3 is 11.9 Å². The largest absolute Gasteiger partial charge is 0.479 e. The van der Waals surface area contributed by atoms with Gasteiger partial charge in [-0.05, 0) is 0 Å². The molecule has 0 aromatic carbocycles. The summed E-state index contributed by atoms with van der Waals surface area (Å²) in [6.45, 7) is -1.12. The van der Waals surface area contributed by atoms with Crippen LogP contribution in [-0.4, -0.2) is 78.2 Å². The normalized spacial score (nSPS) is 20.6. The molecular formula is C7H12O9. The zero-order valence-corrected chi connectivity index (χ0v) is 7.89. The fraction of sp³-hybridized carbons (Fsp3) is 0.714. The summed E-state index contributed by atoms with van der Waals surface area (Å²) < 4.78 is 0. The molecule has 0 radical (unpaired) electrons. The molecule has 0 aromatic rings. The molecule has 0 heterocycles. The van der Waals surface area contributed by atoms with Gasteiger partial charge in [-0.15, -0.1) is 0 Å². The number of carboxylic acid groups (broad SMARTS) is 2. The number of carboxylic acids is 2. The molecule has 0 bridgehead atoms. The van der Waals surface area contributed by atoms with Crippen LogP contribution in [0.3, 0.4) is 0 Å². The minimum atomic E-state index is -3.52. The minimum absolute atomic E-state index is 1.12. The second kappa shape index (κ2) is 5.18. The highest BCUT2D eigenvalue weighted by atomic mass is 16.5. The van der Waals surface area contributed by atoms with Crippen molar-refractivity contribution in [1.82, 2.24) is 0 Å². The Bertz CT molecular complexity index is 277. The lowest BCUT2D eigenvalue weighted by Crippen LogP contribution is -2.64. The molecule has 4 atom stereocenters. The predicted molar refractivity (Wildman–Crippen MR) is 45.3 cm³/mol. The van der Waals surface area contributed by atoms with Crippen molar-refractivity contribution in [3.05, 3.63) is 0 Å². The Kier molecular flexibility index (Phi) is 4.78. The standard InChI is InChI=1S/C7H12O9/c8-1-2(9)3(10)7(16,6(14)15)4(11)5(12)13/h2-4,8-11,16H,1H2,(H,12,13)(H,14,15). The Labute approximate surface area is 88.8 Å². The van der Waals surface area contributed by atoms with Crippen molar-refractivity contribution in [2.75, 3.05) is 6.61 Å². The molecule has 7 N–H and O–H groups in total. The quantitative estimate of drug-likeness (QED) is 0.243. The van der Waals surface area contributed by atoms with Gasteiger partial charge in [0.05, 0.1) is 6.61 Å². The number of rotatable bonds is 6. The van der Waals surface area contributed by atoms with Gasteiger partial charge in [-0.1, -0.05) is 0 Å². The van der Waals surface area contributed by atoms with Crippen LogP contribution in [0.25, 0.3) is 0 Å². The predicted octanol–water partition coefficient (Wildman–Crippen LogP) is -4.04. The van der Waals surface area contributed by atoms with Crippen LogP contribution >= 0.6 is 0 Å². The lowest BCUT2D eigenvalue weighted by molar-refractivity contribution is -0.212. The van der Waals surface area contributed by atoms with Gasteiger partial charge < -0.3 is 35.7 Å². The van der Waals surface area contributed by atoms with E-state index in [1.54, 1.807) is 0 Å². The monoisotopic (exact) mass is 240 g/mol. The molecule has 0 rings (SSSR count). The maximum Gasteiger partial charge on any atom is 0.342 e. The van der Waals surface area contributed by atoms with E-state index in [0.29, 0.717) is 0 Å². The average molecular weight is 240 g/mol. The van der Waals surface area contributed by atoms with Gasteiger partial charge in [0.2, 0.25) is 5.60 Å². The maximum atomic E-state index is 10.6. The lowest BCUT2D eigenvalue weighted by atomic mass is 9.87. The van der Waals surface area contributed by atoms with E-state index < -0.39 is 42.5 Å². The highest BCUT2D eigenvalue weighted by Gasteiger charge is 2.55. The van der Waals surface area contributed by atoms with Gasteiger partial charge in [0.1, 0.15) is 12.2 Å². The topological polar surface area (TPSA) is 176 Å². The van der Waals surface area contributed by atoms with Gasteiger partial charge in [-0.3, -0.25) is 0 Å². The van der Waals surface area contributed by atoms with E-state index in [9.17, 15) is 14.7 Å². The van der Waals surface area contributed by atoms with Gasteiger partial charge in [0, 0.05) is 0 Å². The van der Waals surface area contributed by atoms with Crippen LogP contribution < -0.4 is 0 Å². The van der Waals surface area contributed by atoms with Gasteiger partial charge in [0.15, 0.2) is 6.10 Å². The smallest absolute Gasteiger partial charge is 0.342 e. The number of aliphatic hydroxyl groups excluding tert-OH is 4. The Balaban J connectivity index is 5.26. The first-order chi connectivity index (χ1) is 7.19. The van der Waals surface area contributed by atoms with Crippen LogP contribution in [0, 0.1) is 0 Å². The van der Waals surface area contributed by atoms with Crippen LogP contribution in [0.2, 0.25) is 0 Å². The highest BCUT2D eigenvalue weighted by Crippen LogP contribution is 2.20. The molecule has 0 fully saturated rings.